The van der Waals surface area contributed by atoms with Crippen LogP contribution in [0.25, 0.3) is 21.9 Å². The first kappa shape index (κ1) is 22.6. The van der Waals surface area contributed by atoms with Crippen molar-refractivity contribution < 1.29 is 9.90 Å². The number of aromatic hydroxyl groups is 1. The lowest BCUT2D eigenvalue weighted by molar-refractivity contribution is 0.0557. The van der Waals surface area contributed by atoms with Crippen molar-refractivity contribution in [1.29, 1.82) is 0 Å². The Morgan fingerprint density at radius 1 is 0.969 bits per heavy atom. The number of phenols is 1. The van der Waals surface area contributed by atoms with Gasteiger partial charge in [-0.15, -0.1) is 12.4 Å². The van der Waals surface area contributed by atoms with Crippen molar-refractivity contribution in [1.82, 2.24) is 4.90 Å². The summed E-state index contributed by atoms with van der Waals surface area (Å²) in [7, 11) is 0. The Kier molecular flexibility index (Phi) is 6.19. The molecule has 2 aliphatic rings. The molecule has 3 aromatic carbocycles. The van der Waals surface area contributed by atoms with Gasteiger partial charge in [0.1, 0.15) is 5.75 Å². The summed E-state index contributed by atoms with van der Waals surface area (Å²) in [6, 6.07) is 18.3. The number of rotatable bonds is 2. The molecule has 1 heterocycles. The van der Waals surface area contributed by atoms with E-state index in [-0.39, 0.29) is 23.7 Å². The maximum atomic E-state index is 13.2. The molecule has 1 atom stereocenters. The summed E-state index contributed by atoms with van der Waals surface area (Å²) >= 11 is 0. The summed E-state index contributed by atoms with van der Waals surface area (Å²) < 4.78 is 0. The molecule has 3 N–H and O–H groups in total. The average molecular weight is 451 g/mol. The quantitative estimate of drug-likeness (QED) is 0.528. The van der Waals surface area contributed by atoms with Gasteiger partial charge in [0.05, 0.1) is 0 Å². The highest BCUT2D eigenvalue weighted by Crippen LogP contribution is 2.45. The Balaban J connectivity index is 0.00000245. The molecule has 32 heavy (non-hydrogen) atoms. The average Bonchev–Trinajstić information content (AvgIpc) is 3.14. The Morgan fingerprint density at radius 2 is 1.62 bits per heavy atom. The number of phenolic OH excluding ortho intramolecular Hbond substituents is 1. The third-order valence-electron chi connectivity index (χ3n) is 7.64. The third-order valence-corrected chi connectivity index (χ3v) is 7.64. The summed E-state index contributed by atoms with van der Waals surface area (Å²) in [5.41, 5.74) is 10.5. The van der Waals surface area contributed by atoms with Crippen molar-refractivity contribution in [2.24, 2.45) is 11.1 Å². The zero-order valence-corrected chi connectivity index (χ0v) is 19.3. The molecule has 1 unspecified atom stereocenters. The van der Waals surface area contributed by atoms with Crippen molar-refractivity contribution in [2.75, 3.05) is 13.1 Å². The summed E-state index contributed by atoms with van der Waals surface area (Å²) in [6.45, 7) is 3.52. The van der Waals surface area contributed by atoms with E-state index >= 15 is 0 Å². The minimum absolute atomic E-state index is 0. The Hall–Kier alpha value is -2.56. The molecular formula is C27H31ClN2O2. The summed E-state index contributed by atoms with van der Waals surface area (Å²) in [5, 5.41) is 12.0. The van der Waals surface area contributed by atoms with Gasteiger partial charge in [-0.3, -0.25) is 4.79 Å². The molecule has 1 spiro atoms. The highest BCUT2D eigenvalue weighted by Gasteiger charge is 2.43. The number of aryl methyl sites for hydroxylation is 1. The number of halogens is 1. The fraction of sp³-hybridized carbons (Fsp3) is 0.370. The number of likely N-dealkylation sites (tertiary alicyclic amines) is 1. The predicted molar refractivity (Wildman–Crippen MR) is 132 cm³/mol. The van der Waals surface area contributed by atoms with Gasteiger partial charge >= 0.3 is 0 Å². The Morgan fingerprint density at radius 3 is 2.31 bits per heavy atom. The minimum Gasteiger partial charge on any atom is -0.508 e. The van der Waals surface area contributed by atoms with Crippen molar-refractivity contribution in [3.8, 4) is 16.9 Å². The van der Waals surface area contributed by atoms with Crippen molar-refractivity contribution in [3.63, 3.8) is 0 Å². The third kappa shape index (κ3) is 3.98. The van der Waals surface area contributed by atoms with Gasteiger partial charge in [0, 0.05) is 24.7 Å². The van der Waals surface area contributed by atoms with Crippen LogP contribution in [0.3, 0.4) is 0 Å². The van der Waals surface area contributed by atoms with Crippen LogP contribution in [0.4, 0.5) is 0 Å². The lowest BCUT2D eigenvalue weighted by atomic mass is 9.74. The molecule has 1 amide bonds. The van der Waals surface area contributed by atoms with Gasteiger partial charge in [-0.1, -0.05) is 30.7 Å². The van der Waals surface area contributed by atoms with Crippen LogP contribution < -0.4 is 5.73 Å². The topological polar surface area (TPSA) is 66.6 Å². The van der Waals surface area contributed by atoms with Crippen molar-refractivity contribution >= 4 is 29.1 Å². The molecule has 0 radical (unpaired) electrons. The molecule has 1 aliphatic carbocycles. The number of nitrogens with two attached hydrogens (primary N) is 1. The zero-order chi connectivity index (χ0) is 21.6. The van der Waals surface area contributed by atoms with E-state index in [0.29, 0.717) is 11.8 Å². The number of amides is 1. The molecule has 0 bridgehead atoms. The number of piperidine rings is 1. The minimum atomic E-state index is 0. The molecule has 5 rings (SSSR count). The molecular weight excluding hydrogens is 420 g/mol. The second-order valence-electron chi connectivity index (χ2n) is 9.43. The molecule has 4 nitrogen and oxygen atoms in total. The second kappa shape index (κ2) is 8.76. The Labute approximate surface area is 195 Å². The van der Waals surface area contributed by atoms with E-state index in [0.717, 1.165) is 65.4 Å². The van der Waals surface area contributed by atoms with Crippen molar-refractivity contribution in [3.05, 3.63) is 65.7 Å². The summed E-state index contributed by atoms with van der Waals surface area (Å²) in [4.78, 5) is 15.2. The van der Waals surface area contributed by atoms with E-state index < -0.39 is 0 Å². The van der Waals surface area contributed by atoms with E-state index in [1.54, 1.807) is 6.07 Å². The van der Waals surface area contributed by atoms with Crippen LogP contribution in [-0.4, -0.2) is 35.0 Å². The lowest BCUT2D eigenvalue weighted by Gasteiger charge is -2.42. The Bertz CT molecular complexity index is 1150. The smallest absolute Gasteiger partial charge is 0.253 e. The second-order valence-corrected chi connectivity index (χ2v) is 9.43. The molecule has 5 heteroatoms. The fourth-order valence-corrected chi connectivity index (χ4v) is 5.52. The lowest BCUT2D eigenvalue weighted by Crippen LogP contribution is -2.48. The van der Waals surface area contributed by atoms with Crippen LogP contribution >= 0.6 is 12.4 Å². The molecule has 1 saturated carbocycles. The van der Waals surface area contributed by atoms with Gasteiger partial charge in [0.2, 0.25) is 0 Å². The number of hydrogen-bond donors (Lipinski definition) is 2. The SMILES string of the molecule is Cc1cc(-c2ccc3cc(C(=O)N4CCC5(CCCC5N)CC4)ccc3c2)ccc1O.Cl. The van der Waals surface area contributed by atoms with Crippen LogP contribution in [0.5, 0.6) is 5.75 Å². The normalized spacial score (nSPS) is 19.8. The number of carbonyl (C=O) groups excluding carboxylic acids is 1. The summed E-state index contributed by atoms with van der Waals surface area (Å²) in [5.74, 6) is 0.438. The van der Waals surface area contributed by atoms with Crippen LogP contribution in [0.15, 0.2) is 54.6 Å². The fourth-order valence-electron chi connectivity index (χ4n) is 5.52. The van der Waals surface area contributed by atoms with E-state index in [2.05, 4.69) is 18.2 Å². The van der Waals surface area contributed by atoms with Gasteiger partial charge in [-0.05, 0) is 95.8 Å². The number of fused-ring (bicyclic) bond motifs is 1. The molecule has 2 fully saturated rings. The first-order chi connectivity index (χ1) is 14.9. The van der Waals surface area contributed by atoms with Crippen LogP contribution in [0.2, 0.25) is 0 Å². The van der Waals surface area contributed by atoms with Crippen molar-refractivity contribution in [2.45, 2.75) is 45.1 Å². The van der Waals surface area contributed by atoms with Gasteiger partial charge in [-0.2, -0.15) is 0 Å². The highest BCUT2D eigenvalue weighted by molar-refractivity contribution is 5.99. The molecule has 0 aromatic heterocycles. The van der Waals surface area contributed by atoms with Crippen LogP contribution in [-0.2, 0) is 0 Å². The van der Waals surface area contributed by atoms with Gasteiger partial charge in [-0.25, -0.2) is 0 Å². The van der Waals surface area contributed by atoms with Crippen LogP contribution in [0.1, 0.15) is 48.0 Å². The number of benzene rings is 3. The number of carbonyl (C=O) groups is 1. The van der Waals surface area contributed by atoms with E-state index in [4.69, 9.17) is 5.73 Å². The standard InChI is InChI=1S/C27H30N2O2.ClH/c1-18-15-19(8-9-24(18)30)20-4-5-22-17-23(7-6-21(22)16-20)26(31)29-13-11-27(12-14-29)10-2-3-25(27)28;/h4-9,15-17,25,30H,2-3,10-14,28H2,1H3;1H. The van der Waals surface area contributed by atoms with E-state index in [1.165, 1.54) is 12.8 Å². The van der Waals surface area contributed by atoms with E-state index in [9.17, 15) is 9.90 Å². The zero-order valence-electron chi connectivity index (χ0n) is 18.5. The largest absolute Gasteiger partial charge is 0.508 e. The number of nitrogens with zero attached hydrogens (tertiary/aromatic N) is 1. The maximum absolute atomic E-state index is 13.2. The maximum Gasteiger partial charge on any atom is 0.253 e. The van der Waals surface area contributed by atoms with Crippen LogP contribution in [0, 0.1) is 12.3 Å². The predicted octanol–water partition coefficient (Wildman–Crippen LogP) is 5.68. The van der Waals surface area contributed by atoms with Gasteiger partial charge in [0.15, 0.2) is 0 Å². The molecule has 1 aliphatic heterocycles. The van der Waals surface area contributed by atoms with Gasteiger partial charge in [0.25, 0.3) is 5.91 Å². The molecule has 3 aromatic rings. The molecule has 1 saturated heterocycles. The summed E-state index contributed by atoms with van der Waals surface area (Å²) in [6.07, 6.45) is 5.64. The highest BCUT2D eigenvalue weighted by atomic mass is 35.5. The first-order valence-electron chi connectivity index (χ1n) is 11.3. The first-order valence-corrected chi connectivity index (χ1v) is 11.3. The van der Waals surface area contributed by atoms with Gasteiger partial charge < -0.3 is 15.7 Å². The van der Waals surface area contributed by atoms with E-state index in [1.807, 2.05) is 42.2 Å². The molecule has 168 valence electrons. The monoisotopic (exact) mass is 450 g/mol. The number of hydrogen-bond acceptors (Lipinski definition) is 3.